The molecule has 1 nitrogen and oxygen atoms in total. The van der Waals surface area contributed by atoms with Gasteiger partial charge >= 0.3 is 0 Å². The number of hydrogen-bond acceptors (Lipinski definition) is 2. The van der Waals surface area contributed by atoms with Gasteiger partial charge in [-0.15, -0.1) is 11.8 Å². The lowest BCUT2D eigenvalue weighted by Gasteiger charge is -2.10. The summed E-state index contributed by atoms with van der Waals surface area (Å²) in [5.41, 5.74) is 8.05. The molecule has 0 bridgehead atoms. The molecule has 0 spiro atoms. The number of aryl methyl sites for hydroxylation is 1. The minimum atomic E-state index is 0.643. The second kappa shape index (κ2) is 4.56. The maximum Gasteiger partial charge on any atom is 0.0452 e. The first-order valence-corrected chi connectivity index (χ1v) is 5.54. The molecule has 0 saturated carbocycles. The van der Waals surface area contributed by atoms with Gasteiger partial charge in [0.2, 0.25) is 0 Å². The molecule has 13 heavy (non-hydrogen) atoms. The topological polar surface area (TPSA) is 26.0 Å². The van der Waals surface area contributed by atoms with Crippen molar-refractivity contribution >= 4 is 17.4 Å². The molecule has 0 fully saturated rings. The van der Waals surface area contributed by atoms with E-state index in [-0.39, 0.29) is 0 Å². The Kier molecular flexibility index (Phi) is 3.67. The minimum Gasteiger partial charge on any atom is -0.398 e. The van der Waals surface area contributed by atoms with Crippen molar-refractivity contribution in [3.05, 3.63) is 23.8 Å². The van der Waals surface area contributed by atoms with Crippen LogP contribution in [0.25, 0.3) is 0 Å². The van der Waals surface area contributed by atoms with Crippen molar-refractivity contribution < 1.29 is 0 Å². The Morgan fingerprint density at radius 1 is 1.46 bits per heavy atom. The van der Waals surface area contributed by atoms with E-state index in [2.05, 4.69) is 32.9 Å². The van der Waals surface area contributed by atoms with Crippen molar-refractivity contribution in [3.8, 4) is 0 Å². The number of nitrogens with two attached hydrogens (primary N) is 1. The van der Waals surface area contributed by atoms with Crippen LogP contribution in [0.4, 0.5) is 5.69 Å². The maximum absolute atomic E-state index is 5.87. The lowest BCUT2D eigenvalue weighted by molar-refractivity contribution is 0.906. The van der Waals surface area contributed by atoms with Crippen LogP contribution in [0.2, 0.25) is 0 Å². The number of nitrogen functional groups attached to an aromatic ring is 1. The predicted octanol–water partition coefficient (Wildman–Crippen LogP) is 3.47. The molecule has 1 unspecified atom stereocenters. The van der Waals surface area contributed by atoms with Crippen LogP contribution in [0, 0.1) is 6.92 Å². The Morgan fingerprint density at radius 3 is 2.77 bits per heavy atom. The SMILES string of the molecule is CCC(C)Sc1cc(C)ccc1N. The van der Waals surface area contributed by atoms with Crippen molar-refractivity contribution in [2.45, 2.75) is 37.3 Å². The lowest BCUT2D eigenvalue weighted by atomic mass is 10.2. The highest BCUT2D eigenvalue weighted by Crippen LogP contribution is 2.30. The molecule has 1 atom stereocenters. The van der Waals surface area contributed by atoms with Gasteiger partial charge in [0.15, 0.2) is 0 Å². The smallest absolute Gasteiger partial charge is 0.0452 e. The Labute approximate surface area is 84.7 Å². The molecule has 0 radical (unpaired) electrons. The van der Waals surface area contributed by atoms with Crippen molar-refractivity contribution in [2.75, 3.05) is 5.73 Å². The minimum absolute atomic E-state index is 0.643. The molecule has 0 heterocycles. The van der Waals surface area contributed by atoms with E-state index in [0.29, 0.717) is 5.25 Å². The van der Waals surface area contributed by atoms with Gasteiger partial charge in [-0.25, -0.2) is 0 Å². The summed E-state index contributed by atoms with van der Waals surface area (Å²) in [6, 6.07) is 6.20. The molecule has 2 N–H and O–H groups in total. The second-order valence-corrected chi connectivity index (χ2v) is 4.86. The van der Waals surface area contributed by atoms with Gasteiger partial charge in [0, 0.05) is 15.8 Å². The first kappa shape index (κ1) is 10.5. The molecule has 2 heteroatoms. The van der Waals surface area contributed by atoms with Crippen molar-refractivity contribution in [1.29, 1.82) is 0 Å². The van der Waals surface area contributed by atoms with Crippen LogP contribution in [-0.2, 0) is 0 Å². The largest absolute Gasteiger partial charge is 0.398 e. The van der Waals surface area contributed by atoms with E-state index in [1.165, 1.54) is 16.9 Å². The molecule has 1 rings (SSSR count). The molecule has 0 aliphatic heterocycles. The van der Waals surface area contributed by atoms with Crippen LogP contribution in [-0.4, -0.2) is 5.25 Å². The van der Waals surface area contributed by atoms with E-state index in [1.54, 1.807) is 0 Å². The van der Waals surface area contributed by atoms with Gasteiger partial charge < -0.3 is 5.73 Å². The highest BCUT2D eigenvalue weighted by Gasteiger charge is 2.04. The summed E-state index contributed by atoms with van der Waals surface area (Å²) < 4.78 is 0. The van der Waals surface area contributed by atoms with Crippen LogP contribution in [0.3, 0.4) is 0 Å². The highest BCUT2D eigenvalue weighted by molar-refractivity contribution is 8.00. The summed E-state index contributed by atoms with van der Waals surface area (Å²) in [4.78, 5) is 1.22. The summed E-state index contributed by atoms with van der Waals surface area (Å²) in [5, 5.41) is 0.643. The van der Waals surface area contributed by atoms with Crippen LogP contribution in [0.5, 0.6) is 0 Å². The molecule has 0 amide bonds. The van der Waals surface area contributed by atoms with Gasteiger partial charge in [0.05, 0.1) is 0 Å². The van der Waals surface area contributed by atoms with E-state index in [4.69, 9.17) is 5.73 Å². The van der Waals surface area contributed by atoms with Gasteiger partial charge in [-0.2, -0.15) is 0 Å². The summed E-state index contributed by atoms with van der Waals surface area (Å²) in [6.07, 6.45) is 1.18. The first-order valence-electron chi connectivity index (χ1n) is 4.66. The number of anilines is 1. The quantitative estimate of drug-likeness (QED) is 0.590. The van der Waals surface area contributed by atoms with E-state index in [1.807, 2.05) is 17.8 Å². The highest BCUT2D eigenvalue weighted by atomic mass is 32.2. The number of rotatable bonds is 3. The fourth-order valence-electron chi connectivity index (χ4n) is 1.04. The van der Waals surface area contributed by atoms with Crippen LogP contribution < -0.4 is 5.73 Å². The third-order valence-electron chi connectivity index (χ3n) is 2.07. The zero-order chi connectivity index (χ0) is 9.84. The number of hydrogen-bond donors (Lipinski definition) is 1. The molecule has 1 aromatic carbocycles. The monoisotopic (exact) mass is 195 g/mol. The fourth-order valence-corrected chi connectivity index (χ4v) is 2.10. The summed E-state index contributed by atoms with van der Waals surface area (Å²) in [5.74, 6) is 0. The summed E-state index contributed by atoms with van der Waals surface area (Å²) in [6.45, 7) is 6.52. The van der Waals surface area contributed by atoms with Gasteiger partial charge in [0.25, 0.3) is 0 Å². The summed E-state index contributed by atoms with van der Waals surface area (Å²) in [7, 11) is 0. The van der Waals surface area contributed by atoms with Gasteiger partial charge in [-0.3, -0.25) is 0 Å². The number of thioether (sulfide) groups is 1. The van der Waals surface area contributed by atoms with E-state index >= 15 is 0 Å². The third-order valence-corrected chi connectivity index (χ3v) is 3.42. The second-order valence-electron chi connectivity index (χ2n) is 3.38. The maximum atomic E-state index is 5.87. The molecule has 0 aromatic heterocycles. The van der Waals surface area contributed by atoms with E-state index in [0.717, 1.165) is 5.69 Å². The van der Waals surface area contributed by atoms with Crippen molar-refractivity contribution in [3.63, 3.8) is 0 Å². The first-order chi connectivity index (χ1) is 6.13. The molecule has 1 aromatic rings. The molecule has 0 saturated heterocycles. The van der Waals surface area contributed by atoms with Crippen LogP contribution in [0.15, 0.2) is 23.1 Å². The van der Waals surface area contributed by atoms with Crippen LogP contribution >= 0.6 is 11.8 Å². The Morgan fingerprint density at radius 2 is 2.15 bits per heavy atom. The fraction of sp³-hybridized carbons (Fsp3) is 0.455. The zero-order valence-electron chi connectivity index (χ0n) is 8.50. The third kappa shape index (κ3) is 2.96. The molecular formula is C11H17NS. The van der Waals surface area contributed by atoms with Crippen LogP contribution in [0.1, 0.15) is 25.8 Å². The zero-order valence-corrected chi connectivity index (χ0v) is 9.32. The molecular weight excluding hydrogens is 178 g/mol. The predicted molar refractivity (Wildman–Crippen MR) is 61.2 cm³/mol. The average Bonchev–Trinajstić information content (AvgIpc) is 2.11. The van der Waals surface area contributed by atoms with Crippen molar-refractivity contribution in [1.82, 2.24) is 0 Å². The van der Waals surface area contributed by atoms with Gasteiger partial charge in [0.1, 0.15) is 0 Å². The molecule has 0 aliphatic rings. The Bertz CT molecular complexity index is 283. The molecule has 72 valence electrons. The van der Waals surface area contributed by atoms with E-state index in [9.17, 15) is 0 Å². The Hall–Kier alpha value is -0.630. The molecule has 0 aliphatic carbocycles. The summed E-state index contributed by atoms with van der Waals surface area (Å²) >= 11 is 1.86. The lowest BCUT2D eigenvalue weighted by Crippen LogP contribution is -1.95. The van der Waals surface area contributed by atoms with Gasteiger partial charge in [-0.05, 0) is 31.0 Å². The van der Waals surface area contributed by atoms with Crippen molar-refractivity contribution in [2.24, 2.45) is 0 Å². The van der Waals surface area contributed by atoms with E-state index < -0.39 is 0 Å². The average molecular weight is 195 g/mol. The number of benzene rings is 1. The Balaban J connectivity index is 2.81. The standard InChI is InChI=1S/C11H17NS/c1-4-9(3)13-11-7-8(2)5-6-10(11)12/h5-7,9H,4,12H2,1-3H3. The van der Waals surface area contributed by atoms with Gasteiger partial charge in [-0.1, -0.05) is 19.9 Å². The normalized spacial score (nSPS) is 12.8.